The number of carbonyl (C=O) groups is 1. The van der Waals surface area contributed by atoms with Crippen LogP contribution in [-0.2, 0) is 4.79 Å². The smallest absolute Gasteiger partial charge is 0.318 e. The third-order valence-electron chi connectivity index (χ3n) is 1.74. The van der Waals surface area contributed by atoms with Gasteiger partial charge in [-0.05, 0) is 6.42 Å². The summed E-state index contributed by atoms with van der Waals surface area (Å²) in [4.78, 5) is 18.0. The van der Waals surface area contributed by atoms with Gasteiger partial charge in [-0.1, -0.05) is 13.3 Å². The summed E-state index contributed by atoms with van der Waals surface area (Å²) in [6.45, 7) is 2.63. The Morgan fingerprint density at radius 2 is 2.47 bits per heavy atom. The van der Waals surface area contributed by atoms with E-state index in [1.807, 2.05) is 0 Å². The fourth-order valence-corrected chi connectivity index (χ4v) is 0.930. The minimum Gasteiger partial charge on any atom is -0.463 e. The number of unbranched alkanes of at least 4 members (excludes halogenated alkanes) is 1. The van der Waals surface area contributed by atoms with Crippen molar-refractivity contribution in [3.8, 4) is 6.01 Å². The van der Waals surface area contributed by atoms with Crippen LogP contribution in [0.2, 0.25) is 0 Å². The Bertz CT molecular complexity index is 330. The van der Waals surface area contributed by atoms with Crippen molar-refractivity contribution in [3.05, 3.63) is 6.20 Å². The Hall–Kier alpha value is -1.85. The zero-order valence-electron chi connectivity index (χ0n) is 8.56. The molecule has 0 bridgehead atoms. The maximum absolute atomic E-state index is 10.2. The molecule has 6 nitrogen and oxygen atoms in total. The SMILES string of the molecule is CCCCOc1ncc(NC=O)c(N)n1. The summed E-state index contributed by atoms with van der Waals surface area (Å²) in [7, 11) is 0. The first kappa shape index (κ1) is 11.2. The molecule has 0 spiro atoms. The molecule has 0 saturated carbocycles. The molecule has 0 saturated heterocycles. The van der Waals surface area contributed by atoms with Crippen molar-refractivity contribution in [3.63, 3.8) is 0 Å². The van der Waals surface area contributed by atoms with Crippen LogP contribution in [0.15, 0.2) is 6.20 Å². The zero-order valence-corrected chi connectivity index (χ0v) is 8.56. The van der Waals surface area contributed by atoms with Gasteiger partial charge in [0.25, 0.3) is 0 Å². The number of carbonyl (C=O) groups excluding carboxylic acids is 1. The van der Waals surface area contributed by atoms with Gasteiger partial charge in [-0.25, -0.2) is 4.98 Å². The molecule has 15 heavy (non-hydrogen) atoms. The standard InChI is InChI=1S/C9H14N4O2/c1-2-3-4-15-9-11-5-7(12-6-14)8(10)13-9/h5-6H,2-4H2,1H3,(H,12,14)(H2,10,11,13). The van der Waals surface area contributed by atoms with Gasteiger partial charge >= 0.3 is 6.01 Å². The van der Waals surface area contributed by atoms with E-state index in [2.05, 4.69) is 22.2 Å². The number of hydrogen-bond acceptors (Lipinski definition) is 5. The van der Waals surface area contributed by atoms with Crippen LogP contribution >= 0.6 is 0 Å². The number of nitrogens with one attached hydrogen (secondary N) is 1. The predicted molar refractivity (Wildman–Crippen MR) is 56.5 cm³/mol. The summed E-state index contributed by atoms with van der Waals surface area (Å²) >= 11 is 0. The predicted octanol–water partition coefficient (Wildman–Crippen LogP) is 0.806. The summed E-state index contributed by atoms with van der Waals surface area (Å²) < 4.78 is 5.24. The van der Waals surface area contributed by atoms with E-state index in [1.54, 1.807) is 0 Å². The van der Waals surface area contributed by atoms with E-state index in [-0.39, 0.29) is 11.8 Å². The van der Waals surface area contributed by atoms with Crippen molar-refractivity contribution in [2.75, 3.05) is 17.7 Å². The largest absolute Gasteiger partial charge is 0.463 e. The first-order valence-electron chi connectivity index (χ1n) is 4.73. The summed E-state index contributed by atoms with van der Waals surface area (Å²) in [5, 5.41) is 2.38. The molecular weight excluding hydrogens is 196 g/mol. The average molecular weight is 210 g/mol. The molecule has 0 aromatic carbocycles. The fourth-order valence-electron chi connectivity index (χ4n) is 0.930. The Balaban J connectivity index is 2.60. The highest BCUT2D eigenvalue weighted by molar-refractivity contribution is 5.77. The molecule has 3 N–H and O–H groups in total. The number of amides is 1. The molecule has 1 heterocycles. The highest BCUT2D eigenvalue weighted by Gasteiger charge is 2.03. The van der Waals surface area contributed by atoms with Crippen LogP contribution in [0, 0.1) is 0 Å². The van der Waals surface area contributed by atoms with E-state index in [9.17, 15) is 4.79 Å². The summed E-state index contributed by atoms with van der Waals surface area (Å²) in [5.41, 5.74) is 5.94. The third-order valence-corrected chi connectivity index (χ3v) is 1.74. The number of rotatable bonds is 6. The van der Waals surface area contributed by atoms with Crippen LogP contribution in [0.4, 0.5) is 11.5 Å². The molecule has 0 aliphatic heterocycles. The van der Waals surface area contributed by atoms with Crippen LogP contribution in [0.25, 0.3) is 0 Å². The van der Waals surface area contributed by atoms with Crippen molar-refractivity contribution in [2.45, 2.75) is 19.8 Å². The number of nitrogens with zero attached hydrogens (tertiary/aromatic N) is 2. The molecule has 0 unspecified atom stereocenters. The van der Waals surface area contributed by atoms with Gasteiger partial charge in [0.15, 0.2) is 5.82 Å². The third kappa shape index (κ3) is 3.41. The van der Waals surface area contributed by atoms with Crippen LogP contribution < -0.4 is 15.8 Å². The van der Waals surface area contributed by atoms with Gasteiger partial charge in [0.2, 0.25) is 6.41 Å². The zero-order chi connectivity index (χ0) is 11.1. The minimum atomic E-state index is 0.198. The molecular formula is C9H14N4O2. The lowest BCUT2D eigenvalue weighted by Crippen LogP contribution is -2.06. The molecule has 1 aromatic rings. The molecule has 1 amide bonds. The highest BCUT2D eigenvalue weighted by Crippen LogP contribution is 2.16. The Labute approximate surface area is 87.9 Å². The Kier molecular flexibility index (Phi) is 4.33. The average Bonchev–Trinajstić information content (AvgIpc) is 2.23. The van der Waals surface area contributed by atoms with E-state index in [0.717, 1.165) is 12.8 Å². The van der Waals surface area contributed by atoms with Crippen LogP contribution in [-0.4, -0.2) is 23.0 Å². The summed E-state index contributed by atoms with van der Waals surface area (Å²) in [5.74, 6) is 0.198. The molecule has 82 valence electrons. The first-order valence-corrected chi connectivity index (χ1v) is 4.73. The second kappa shape index (κ2) is 5.79. The van der Waals surface area contributed by atoms with Gasteiger partial charge in [0.1, 0.15) is 5.69 Å². The maximum Gasteiger partial charge on any atom is 0.318 e. The number of ether oxygens (including phenoxy) is 1. The normalized spacial score (nSPS) is 9.67. The lowest BCUT2D eigenvalue weighted by atomic mass is 10.4. The van der Waals surface area contributed by atoms with Crippen molar-refractivity contribution in [1.82, 2.24) is 9.97 Å². The van der Waals surface area contributed by atoms with E-state index < -0.39 is 0 Å². The van der Waals surface area contributed by atoms with Crippen molar-refractivity contribution in [2.24, 2.45) is 0 Å². The summed E-state index contributed by atoms with van der Waals surface area (Å²) in [6.07, 6.45) is 3.92. The number of hydrogen-bond donors (Lipinski definition) is 2. The van der Waals surface area contributed by atoms with Gasteiger partial charge in [0.05, 0.1) is 12.8 Å². The molecule has 6 heteroatoms. The van der Waals surface area contributed by atoms with E-state index in [4.69, 9.17) is 10.5 Å². The van der Waals surface area contributed by atoms with Crippen molar-refractivity contribution < 1.29 is 9.53 Å². The topological polar surface area (TPSA) is 90.1 Å². The van der Waals surface area contributed by atoms with Crippen LogP contribution in [0.3, 0.4) is 0 Å². The van der Waals surface area contributed by atoms with E-state index in [1.165, 1.54) is 6.20 Å². The quantitative estimate of drug-likeness (QED) is 0.535. The minimum absolute atomic E-state index is 0.198. The molecule has 0 radical (unpaired) electrons. The lowest BCUT2D eigenvalue weighted by molar-refractivity contribution is -0.105. The highest BCUT2D eigenvalue weighted by atomic mass is 16.5. The van der Waals surface area contributed by atoms with E-state index >= 15 is 0 Å². The van der Waals surface area contributed by atoms with Gasteiger partial charge in [-0.15, -0.1) is 0 Å². The number of nitrogens with two attached hydrogens (primary N) is 1. The molecule has 1 aromatic heterocycles. The van der Waals surface area contributed by atoms with Crippen LogP contribution in [0.1, 0.15) is 19.8 Å². The van der Waals surface area contributed by atoms with Gasteiger partial charge in [-0.3, -0.25) is 4.79 Å². The maximum atomic E-state index is 10.2. The monoisotopic (exact) mass is 210 g/mol. The van der Waals surface area contributed by atoms with Gasteiger partial charge < -0.3 is 15.8 Å². The second-order valence-electron chi connectivity index (χ2n) is 2.92. The molecule has 0 aliphatic rings. The Morgan fingerprint density at radius 3 is 3.07 bits per heavy atom. The second-order valence-corrected chi connectivity index (χ2v) is 2.92. The van der Waals surface area contributed by atoms with E-state index in [0.29, 0.717) is 18.7 Å². The molecule has 0 atom stereocenters. The molecule has 0 fully saturated rings. The number of anilines is 2. The van der Waals surface area contributed by atoms with Crippen LogP contribution in [0.5, 0.6) is 6.01 Å². The Morgan fingerprint density at radius 1 is 1.67 bits per heavy atom. The van der Waals surface area contributed by atoms with Gasteiger partial charge in [0, 0.05) is 0 Å². The summed E-state index contributed by atoms with van der Waals surface area (Å²) in [6, 6.07) is 0.234. The number of nitrogen functional groups attached to an aromatic ring is 1. The van der Waals surface area contributed by atoms with Gasteiger partial charge in [-0.2, -0.15) is 4.98 Å². The number of aromatic nitrogens is 2. The lowest BCUT2D eigenvalue weighted by Gasteiger charge is -2.06. The fraction of sp³-hybridized carbons (Fsp3) is 0.444. The van der Waals surface area contributed by atoms with Crippen molar-refractivity contribution in [1.29, 1.82) is 0 Å². The molecule has 1 rings (SSSR count). The first-order chi connectivity index (χ1) is 7.27. The molecule has 0 aliphatic carbocycles. The van der Waals surface area contributed by atoms with Crippen molar-refractivity contribution >= 4 is 17.9 Å².